The average Bonchev–Trinajstić information content (AvgIpc) is 2.43. The summed E-state index contributed by atoms with van der Waals surface area (Å²) in [6.45, 7) is 3.50. The molecule has 0 bridgehead atoms. The zero-order valence-corrected chi connectivity index (χ0v) is 12.0. The molecule has 1 N–H and O–H groups in total. The van der Waals surface area contributed by atoms with Crippen molar-refractivity contribution in [2.45, 2.75) is 19.9 Å². The van der Waals surface area contributed by atoms with Crippen LogP contribution in [0.3, 0.4) is 0 Å². The van der Waals surface area contributed by atoms with E-state index in [9.17, 15) is 4.39 Å². The molecular formula is C15H16ClFN2O. The topological polar surface area (TPSA) is 34.1 Å². The summed E-state index contributed by atoms with van der Waals surface area (Å²) in [4.78, 5) is 3.92. The number of halogens is 2. The summed E-state index contributed by atoms with van der Waals surface area (Å²) >= 11 is 5.84. The van der Waals surface area contributed by atoms with E-state index in [-0.39, 0.29) is 5.75 Å². The maximum atomic E-state index is 13.9. The molecule has 1 aromatic heterocycles. The van der Waals surface area contributed by atoms with E-state index in [4.69, 9.17) is 16.3 Å². The summed E-state index contributed by atoms with van der Waals surface area (Å²) in [6.07, 6.45) is 4.02. The molecule has 0 fully saturated rings. The third-order valence-corrected chi connectivity index (χ3v) is 2.90. The van der Waals surface area contributed by atoms with Crippen molar-refractivity contribution in [2.24, 2.45) is 0 Å². The molecule has 0 aliphatic heterocycles. The number of para-hydroxylation sites is 1. The molecule has 0 atom stereocenters. The van der Waals surface area contributed by atoms with E-state index < -0.39 is 5.82 Å². The smallest absolute Gasteiger partial charge is 0.167 e. The second-order valence-electron chi connectivity index (χ2n) is 4.35. The Morgan fingerprint density at radius 3 is 2.95 bits per heavy atom. The molecule has 3 nitrogen and oxygen atoms in total. The number of hydrogen-bond acceptors (Lipinski definition) is 3. The van der Waals surface area contributed by atoms with Gasteiger partial charge >= 0.3 is 0 Å². The molecule has 1 heterocycles. The Morgan fingerprint density at radius 2 is 2.20 bits per heavy atom. The molecule has 0 saturated carbocycles. The van der Waals surface area contributed by atoms with Gasteiger partial charge in [0.2, 0.25) is 0 Å². The summed E-state index contributed by atoms with van der Waals surface area (Å²) in [5.74, 6) is 0.222. The number of pyridine rings is 1. The summed E-state index contributed by atoms with van der Waals surface area (Å²) in [5.41, 5.74) is 0.762. The Bertz CT molecular complexity index is 578. The normalized spacial score (nSPS) is 10.6. The number of rotatable bonds is 6. The van der Waals surface area contributed by atoms with Gasteiger partial charge < -0.3 is 10.1 Å². The highest BCUT2D eigenvalue weighted by Gasteiger charge is 2.11. The molecule has 5 heteroatoms. The SMILES string of the molecule is CCCNCc1cccc(F)c1Oc1cncc(Cl)c1. The molecule has 2 rings (SSSR count). The number of ether oxygens (including phenoxy) is 1. The van der Waals surface area contributed by atoms with Crippen LogP contribution >= 0.6 is 11.6 Å². The van der Waals surface area contributed by atoms with Crippen LogP contribution in [0.25, 0.3) is 0 Å². The summed E-state index contributed by atoms with van der Waals surface area (Å²) < 4.78 is 19.5. The summed E-state index contributed by atoms with van der Waals surface area (Å²) in [5, 5.41) is 3.68. The highest BCUT2D eigenvalue weighted by atomic mass is 35.5. The fourth-order valence-corrected chi connectivity index (χ4v) is 1.94. The summed E-state index contributed by atoms with van der Waals surface area (Å²) in [6, 6.07) is 6.47. The van der Waals surface area contributed by atoms with Crippen molar-refractivity contribution in [3.8, 4) is 11.5 Å². The van der Waals surface area contributed by atoms with Gasteiger partial charge in [-0.15, -0.1) is 0 Å². The first-order valence-corrected chi connectivity index (χ1v) is 6.85. The van der Waals surface area contributed by atoms with Crippen LogP contribution in [0.4, 0.5) is 4.39 Å². The van der Waals surface area contributed by atoms with Crippen LogP contribution in [0.5, 0.6) is 11.5 Å². The Labute approximate surface area is 122 Å². The van der Waals surface area contributed by atoms with Crippen LogP contribution in [-0.2, 0) is 6.54 Å². The van der Waals surface area contributed by atoms with Crippen molar-refractivity contribution in [1.29, 1.82) is 0 Å². The third kappa shape index (κ3) is 3.92. The van der Waals surface area contributed by atoms with E-state index >= 15 is 0 Å². The fraction of sp³-hybridized carbons (Fsp3) is 0.267. The first-order chi connectivity index (χ1) is 9.70. The first kappa shape index (κ1) is 14.8. The monoisotopic (exact) mass is 294 g/mol. The second-order valence-corrected chi connectivity index (χ2v) is 4.78. The lowest BCUT2D eigenvalue weighted by molar-refractivity contribution is 0.432. The van der Waals surface area contributed by atoms with E-state index in [1.54, 1.807) is 12.1 Å². The van der Waals surface area contributed by atoms with Gasteiger partial charge in [0.05, 0.1) is 11.2 Å². The minimum atomic E-state index is -0.402. The standard InChI is InChI=1S/C15H16ClFN2O/c1-2-6-18-8-11-4-3-5-14(17)15(11)20-13-7-12(16)9-19-10-13/h3-5,7,9-10,18H,2,6,8H2,1H3. The molecular weight excluding hydrogens is 279 g/mol. The molecule has 0 unspecified atom stereocenters. The number of nitrogens with one attached hydrogen (secondary N) is 1. The minimum absolute atomic E-state index is 0.208. The van der Waals surface area contributed by atoms with Crippen molar-refractivity contribution < 1.29 is 9.13 Å². The largest absolute Gasteiger partial charge is 0.452 e. The van der Waals surface area contributed by atoms with Gasteiger partial charge in [-0.1, -0.05) is 30.7 Å². The molecule has 0 saturated heterocycles. The zero-order valence-electron chi connectivity index (χ0n) is 11.2. The predicted octanol–water partition coefficient (Wildman–Crippen LogP) is 4.17. The molecule has 1 aromatic carbocycles. The molecule has 0 amide bonds. The van der Waals surface area contributed by atoms with Gasteiger partial charge in [0, 0.05) is 24.4 Å². The number of benzene rings is 1. The van der Waals surface area contributed by atoms with Crippen molar-refractivity contribution in [3.05, 3.63) is 53.1 Å². The van der Waals surface area contributed by atoms with Gasteiger partial charge in [0.1, 0.15) is 5.75 Å². The van der Waals surface area contributed by atoms with Crippen LogP contribution in [0.15, 0.2) is 36.7 Å². The Hall–Kier alpha value is -1.65. The lowest BCUT2D eigenvalue weighted by Gasteiger charge is -2.12. The molecule has 106 valence electrons. The lowest BCUT2D eigenvalue weighted by Crippen LogP contribution is -2.14. The zero-order chi connectivity index (χ0) is 14.4. The minimum Gasteiger partial charge on any atom is -0.452 e. The Kier molecular flexibility index (Phi) is 5.32. The second kappa shape index (κ2) is 7.22. The lowest BCUT2D eigenvalue weighted by atomic mass is 10.2. The quantitative estimate of drug-likeness (QED) is 0.812. The van der Waals surface area contributed by atoms with Gasteiger partial charge in [0.15, 0.2) is 11.6 Å². The van der Waals surface area contributed by atoms with Crippen molar-refractivity contribution in [1.82, 2.24) is 10.3 Å². The first-order valence-electron chi connectivity index (χ1n) is 6.47. The molecule has 20 heavy (non-hydrogen) atoms. The average molecular weight is 295 g/mol. The van der Waals surface area contributed by atoms with Crippen molar-refractivity contribution >= 4 is 11.6 Å². The maximum absolute atomic E-state index is 13.9. The molecule has 0 radical (unpaired) electrons. The van der Waals surface area contributed by atoms with E-state index in [0.29, 0.717) is 17.3 Å². The van der Waals surface area contributed by atoms with Gasteiger partial charge in [-0.25, -0.2) is 4.39 Å². The van der Waals surface area contributed by atoms with Gasteiger partial charge in [-0.05, 0) is 19.0 Å². The fourth-order valence-electron chi connectivity index (χ4n) is 1.77. The van der Waals surface area contributed by atoms with Gasteiger partial charge in [-0.3, -0.25) is 4.98 Å². The van der Waals surface area contributed by atoms with Gasteiger partial charge in [-0.2, -0.15) is 0 Å². The van der Waals surface area contributed by atoms with Crippen LogP contribution in [-0.4, -0.2) is 11.5 Å². The molecule has 2 aromatic rings. The predicted molar refractivity (Wildman–Crippen MR) is 77.7 cm³/mol. The number of hydrogen-bond donors (Lipinski definition) is 1. The number of nitrogens with zero attached hydrogens (tertiary/aromatic N) is 1. The molecule has 0 aliphatic rings. The Balaban J connectivity index is 2.21. The van der Waals surface area contributed by atoms with Crippen LogP contribution in [0.1, 0.15) is 18.9 Å². The summed E-state index contributed by atoms with van der Waals surface area (Å²) in [7, 11) is 0. The van der Waals surface area contributed by atoms with E-state index in [2.05, 4.69) is 17.2 Å². The van der Waals surface area contributed by atoms with Crippen molar-refractivity contribution in [2.75, 3.05) is 6.54 Å². The van der Waals surface area contributed by atoms with E-state index in [0.717, 1.165) is 18.5 Å². The van der Waals surface area contributed by atoms with Crippen LogP contribution < -0.4 is 10.1 Å². The maximum Gasteiger partial charge on any atom is 0.167 e. The van der Waals surface area contributed by atoms with Gasteiger partial charge in [0.25, 0.3) is 0 Å². The number of aromatic nitrogens is 1. The highest BCUT2D eigenvalue weighted by Crippen LogP contribution is 2.29. The van der Waals surface area contributed by atoms with Crippen molar-refractivity contribution in [3.63, 3.8) is 0 Å². The molecule has 0 aliphatic carbocycles. The van der Waals surface area contributed by atoms with Crippen LogP contribution in [0.2, 0.25) is 5.02 Å². The highest BCUT2D eigenvalue weighted by molar-refractivity contribution is 6.30. The van der Waals surface area contributed by atoms with E-state index in [1.807, 2.05) is 6.07 Å². The van der Waals surface area contributed by atoms with E-state index in [1.165, 1.54) is 18.5 Å². The Morgan fingerprint density at radius 1 is 1.35 bits per heavy atom. The third-order valence-electron chi connectivity index (χ3n) is 2.69. The van der Waals surface area contributed by atoms with Crippen LogP contribution in [0, 0.1) is 5.82 Å². The molecule has 0 spiro atoms.